The molecule has 2 N–H and O–H groups in total. The number of nitrogens with one attached hydrogen (secondary N) is 1. The molecule has 0 heterocycles. The number of hydrogen-bond donors (Lipinski definition) is 2. The zero-order chi connectivity index (χ0) is 14.5. The molecule has 0 aliphatic carbocycles. The zero-order valence-electron chi connectivity index (χ0n) is 11.2. The van der Waals surface area contributed by atoms with Crippen molar-refractivity contribution in [2.45, 2.75) is 24.5 Å². The molecule has 1 aromatic carbocycles. The predicted octanol–water partition coefficient (Wildman–Crippen LogP) is 0.501. The minimum absolute atomic E-state index is 0.00417. The summed E-state index contributed by atoms with van der Waals surface area (Å²) < 4.78 is 36.9. The standard InChI is InChI=1S/C12H19NO5S/c1-9(8-17-2)13-19(15,16)12-6-10(7-14)4-5-11(12)18-3/h4-6,9,13-14H,7-8H2,1-3H3. The van der Waals surface area contributed by atoms with Crippen molar-refractivity contribution in [1.82, 2.24) is 4.72 Å². The Bertz CT molecular complexity index is 515. The molecule has 1 aromatic rings. The smallest absolute Gasteiger partial charge is 0.244 e. The first-order valence-electron chi connectivity index (χ1n) is 5.73. The fourth-order valence-electron chi connectivity index (χ4n) is 1.64. The van der Waals surface area contributed by atoms with E-state index in [1.165, 1.54) is 26.4 Å². The molecule has 1 atom stereocenters. The van der Waals surface area contributed by atoms with E-state index in [0.717, 1.165) is 0 Å². The minimum Gasteiger partial charge on any atom is -0.495 e. The van der Waals surface area contributed by atoms with Crippen LogP contribution in [0.1, 0.15) is 12.5 Å². The molecule has 6 nitrogen and oxygen atoms in total. The van der Waals surface area contributed by atoms with Crippen LogP contribution in [0.25, 0.3) is 0 Å². The molecule has 0 spiro atoms. The number of sulfonamides is 1. The third kappa shape index (κ3) is 4.17. The third-order valence-corrected chi connectivity index (χ3v) is 4.08. The summed E-state index contributed by atoms with van der Waals surface area (Å²) in [5, 5.41) is 9.08. The highest BCUT2D eigenvalue weighted by atomic mass is 32.2. The highest BCUT2D eigenvalue weighted by Gasteiger charge is 2.22. The molecule has 0 aromatic heterocycles. The molecule has 0 saturated carbocycles. The van der Waals surface area contributed by atoms with Gasteiger partial charge in [-0.3, -0.25) is 0 Å². The van der Waals surface area contributed by atoms with E-state index in [-0.39, 0.29) is 29.9 Å². The molecular formula is C12H19NO5S. The molecule has 0 radical (unpaired) electrons. The van der Waals surface area contributed by atoms with Gasteiger partial charge in [0.1, 0.15) is 10.6 Å². The Morgan fingerprint density at radius 2 is 2.05 bits per heavy atom. The van der Waals surface area contributed by atoms with Gasteiger partial charge in [0.05, 0.1) is 20.3 Å². The maximum Gasteiger partial charge on any atom is 0.244 e. The fraction of sp³-hybridized carbons (Fsp3) is 0.500. The highest BCUT2D eigenvalue weighted by molar-refractivity contribution is 7.89. The molecule has 0 amide bonds. The van der Waals surface area contributed by atoms with Gasteiger partial charge >= 0.3 is 0 Å². The molecule has 19 heavy (non-hydrogen) atoms. The van der Waals surface area contributed by atoms with Crippen molar-refractivity contribution in [3.8, 4) is 5.75 Å². The van der Waals surface area contributed by atoms with E-state index in [1.807, 2.05) is 0 Å². The molecule has 1 rings (SSSR count). The van der Waals surface area contributed by atoms with Crippen LogP contribution in [0.5, 0.6) is 5.75 Å². The van der Waals surface area contributed by atoms with Gasteiger partial charge in [-0.2, -0.15) is 0 Å². The second-order valence-corrected chi connectivity index (χ2v) is 5.80. The van der Waals surface area contributed by atoms with Crippen LogP contribution in [0, 0.1) is 0 Å². The number of ether oxygens (including phenoxy) is 2. The summed E-state index contributed by atoms with van der Waals surface area (Å²) in [5.41, 5.74) is 0.501. The maximum absolute atomic E-state index is 12.2. The second kappa shape index (κ2) is 6.85. The average Bonchev–Trinajstić information content (AvgIpc) is 2.37. The molecule has 7 heteroatoms. The number of aliphatic hydroxyl groups is 1. The van der Waals surface area contributed by atoms with Gasteiger partial charge in [-0.05, 0) is 24.6 Å². The lowest BCUT2D eigenvalue weighted by molar-refractivity contribution is 0.180. The SMILES string of the molecule is COCC(C)NS(=O)(=O)c1cc(CO)ccc1OC. The second-order valence-electron chi connectivity index (χ2n) is 4.12. The summed E-state index contributed by atoms with van der Waals surface area (Å²) >= 11 is 0. The van der Waals surface area contributed by atoms with Crippen LogP contribution in [0.4, 0.5) is 0 Å². The molecule has 1 unspecified atom stereocenters. The first-order chi connectivity index (χ1) is 8.94. The van der Waals surface area contributed by atoms with Crippen LogP contribution in [-0.2, 0) is 21.4 Å². The van der Waals surface area contributed by atoms with Crippen molar-refractivity contribution >= 4 is 10.0 Å². The van der Waals surface area contributed by atoms with E-state index >= 15 is 0 Å². The number of rotatable bonds is 7. The summed E-state index contributed by atoms with van der Waals surface area (Å²) in [6.07, 6.45) is 0. The Balaban J connectivity index is 3.11. The largest absolute Gasteiger partial charge is 0.495 e. The monoisotopic (exact) mass is 289 g/mol. The summed E-state index contributed by atoms with van der Waals surface area (Å²) in [7, 11) is -0.831. The van der Waals surface area contributed by atoms with Crippen LogP contribution in [0.3, 0.4) is 0 Å². The summed E-state index contributed by atoms with van der Waals surface area (Å²) in [4.78, 5) is 0.00417. The van der Waals surface area contributed by atoms with Gasteiger partial charge in [0.25, 0.3) is 0 Å². The Kier molecular flexibility index (Phi) is 5.74. The van der Waals surface area contributed by atoms with Gasteiger partial charge in [-0.25, -0.2) is 13.1 Å². The maximum atomic E-state index is 12.2. The first kappa shape index (κ1) is 15.9. The van der Waals surface area contributed by atoms with Crippen LogP contribution in [0.2, 0.25) is 0 Å². The quantitative estimate of drug-likeness (QED) is 0.763. The van der Waals surface area contributed by atoms with Crippen LogP contribution in [0.15, 0.2) is 23.1 Å². The molecule has 0 saturated heterocycles. The van der Waals surface area contributed by atoms with Crippen molar-refractivity contribution in [2.75, 3.05) is 20.8 Å². The van der Waals surface area contributed by atoms with E-state index in [4.69, 9.17) is 14.6 Å². The van der Waals surface area contributed by atoms with E-state index in [0.29, 0.717) is 5.56 Å². The zero-order valence-corrected chi connectivity index (χ0v) is 12.0. The van der Waals surface area contributed by atoms with E-state index < -0.39 is 10.0 Å². The molecule has 108 valence electrons. The van der Waals surface area contributed by atoms with Gasteiger partial charge in [0.2, 0.25) is 10.0 Å². The summed E-state index contributed by atoms with van der Waals surface area (Å²) in [6, 6.07) is 4.15. The molecular weight excluding hydrogens is 270 g/mol. The molecule has 0 aliphatic rings. The number of aliphatic hydroxyl groups excluding tert-OH is 1. The van der Waals surface area contributed by atoms with Gasteiger partial charge in [-0.15, -0.1) is 0 Å². The number of benzene rings is 1. The van der Waals surface area contributed by atoms with Crippen molar-refractivity contribution < 1.29 is 23.0 Å². The van der Waals surface area contributed by atoms with Gasteiger partial charge in [0, 0.05) is 13.2 Å². The number of hydrogen-bond acceptors (Lipinski definition) is 5. The van der Waals surface area contributed by atoms with Crippen LogP contribution < -0.4 is 9.46 Å². The Morgan fingerprint density at radius 3 is 2.58 bits per heavy atom. The van der Waals surface area contributed by atoms with Crippen molar-refractivity contribution in [3.05, 3.63) is 23.8 Å². The average molecular weight is 289 g/mol. The third-order valence-electron chi connectivity index (χ3n) is 2.47. The fourth-order valence-corrected chi connectivity index (χ4v) is 3.09. The van der Waals surface area contributed by atoms with E-state index in [2.05, 4.69) is 4.72 Å². The van der Waals surface area contributed by atoms with E-state index in [9.17, 15) is 8.42 Å². The summed E-state index contributed by atoms with van der Waals surface area (Å²) in [5.74, 6) is 0.231. The van der Waals surface area contributed by atoms with Gasteiger partial charge in [0.15, 0.2) is 0 Å². The van der Waals surface area contributed by atoms with Gasteiger partial charge in [-0.1, -0.05) is 6.07 Å². The van der Waals surface area contributed by atoms with Crippen molar-refractivity contribution in [3.63, 3.8) is 0 Å². The van der Waals surface area contributed by atoms with E-state index in [1.54, 1.807) is 13.0 Å². The lowest BCUT2D eigenvalue weighted by Crippen LogP contribution is -2.35. The lowest BCUT2D eigenvalue weighted by Gasteiger charge is -2.15. The first-order valence-corrected chi connectivity index (χ1v) is 7.22. The topological polar surface area (TPSA) is 84.9 Å². The summed E-state index contributed by atoms with van der Waals surface area (Å²) in [6.45, 7) is 1.73. The van der Waals surface area contributed by atoms with Crippen molar-refractivity contribution in [2.24, 2.45) is 0 Å². The van der Waals surface area contributed by atoms with Crippen molar-refractivity contribution in [1.29, 1.82) is 0 Å². The Morgan fingerprint density at radius 1 is 1.37 bits per heavy atom. The normalized spacial score (nSPS) is 13.3. The minimum atomic E-state index is -3.72. The van der Waals surface area contributed by atoms with Gasteiger partial charge < -0.3 is 14.6 Å². The lowest BCUT2D eigenvalue weighted by atomic mass is 10.2. The molecule has 0 fully saturated rings. The van der Waals surface area contributed by atoms with Crippen LogP contribution in [-0.4, -0.2) is 40.4 Å². The highest BCUT2D eigenvalue weighted by Crippen LogP contribution is 2.25. The Labute approximate surface area is 113 Å². The predicted molar refractivity (Wildman–Crippen MR) is 70.6 cm³/mol. The molecule has 0 aliphatic heterocycles. The number of methoxy groups -OCH3 is 2. The Hall–Kier alpha value is -1.15. The molecule has 0 bridgehead atoms. The van der Waals surface area contributed by atoms with Crippen LogP contribution >= 0.6 is 0 Å².